The van der Waals surface area contributed by atoms with Crippen LogP contribution in [-0.4, -0.2) is 25.7 Å². The zero-order valence-electron chi connectivity index (χ0n) is 10.4. The molecule has 0 saturated heterocycles. The van der Waals surface area contributed by atoms with Gasteiger partial charge in [-0.1, -0.05) is 6.58 Å². The van der Waals surface area contributed by atoms with Crippen LogP contribution in [-0.2, 0) is 9.53 Å². The average molecular weight is 253 g/mol. The summed E-state index contributed by atoms with van der Waals surface area (Å²) in [6, 6.07) is 0. The van der Waals surface area contributed by atoms with E-state index in [9.17, 15) is 14.4 Å². The highest BCUT2D eigenvalue weighted by Gasteiger charge is 2.21. The van der Waals surface area contributed by atoms with E-state index in [1.54, 1.807) is 13.8 Å². The van der Waals surface area contributed by atoms with Crippen molar-refractivity contribution in [3.05, 3.63) is 32.6 Å². The molecule has 0 bridgehead atoms. The predicted molar refractivity (Wildman–Crippen MR) is 66.8 cm³/mol. The zero-order valence-corrected chi connectivity index (χ0v) is 10.4. The third-order valence-corrected chi connectivity index (χ3v) is 2.14. The van der Waals surface area contributed by atoms with E-state index >= 15 is 0 Å². The highest BCUT2D eigenvalue weighted by atomic mass is 16.5. The van der Waals surface area contributed by atoms with Gasteiger partial charge in [0.1, 0.15) is 12.3 Å². The summed E-state index contributed by atoms with van der Waals surface area (Å²) in [5.41, 5.74) is -0.782. The molecule has 0 spiro atoms. The number of esters is 1. The number of carbonyl (C=O) groups excluding carboxylic acids is 1. The van der Waals surface area contributed by atoms with Crippen LogP contribution in [0.4, 0.5) is 5.69 Å². The van der Waals surface area contributed by atoms with E-state index in [0.717, 1.165) is 0 Å². The third kappa shape index (κ3) is 2.97. The van der Waals surface area contributed by atoms with Gasteiger partial charge in [0.25, 0.3) is 10.9 Å². The van der Waals surface area contributed by atoms with Gasteiger partial charge < -0.3 is 14.8 Å². The Morgan fingerprint density at radius 1 is 1.33 bits per heavy atom. The molecule has 1 rings (SSSR count). The normalized spacial score (nSPS) is 10.1. The van der Waals surface area contributed by atoms with Crippen LogP contribution in [0.1, 0.15) is 13.8 Å². The molecule has 0 aliphatic heterocycles. The second-order valence-corrected chi connectivity index (χ2v) is 3.64. The Bertz CT molecular complexity index is 525. The van der Waals surface area contributed by atoms with E-state index in [1.165, 1.54) is 0 Å². The summed E-state index contributed by atoms with van der Waals surface area (Å²) >= 11 is 0. The number of carbonyl (C=O) groups is 1. The molecule has 0 radical (unpaired) electrons. The van der Waals surface area contributed by atoms with Crippen LogP contribution < -0.4 is 20.9 Å². The van der Waals surface area contributed by atoms with E-state index in [-0.39, 0.29) is 24.6 Å². The van der Waals surface area contributed by atoms with Crippen LogP contribution >= 0.6 is 0 Å². The lowest BCUT2D eigenvalue weighted by molar-refractivity contribution is -0.138. The van der Waals surface area contributed by atoms with E-state index in [0.29, 0.717) is 12.2 Å². The molecule has 6 heteroatoms. The largest absolute Gasteiger partial charge is 0.488 e. The lowest BCUT2D eigenvalue weighted by Crippen LogP contribution is -2.36. The van der Waals surface area contributed by atoms with Crippen LogP contribution in [0.15, 0.2) is 21.7 Å². The first-order valence-corrected chi connectivity index (χ1v) is 5.51. The van der Waals surface area contributed by atoms with Gasteiger partial charge in [-0.3, -0.25) is 9.59 Å². The Morgan fingerprint density at radius 3 is 2.56 bits per heavy atom. The molecule has 6 nitrogen and oxygen atoms in total. The van der Waals surface area contributed by atoms with Gasteiger partial charge >= 0.3 is 5.97 Å². The van der Waals surface area contributed by atoms with Gasteiger partial charge in [0.05, 0.1) is 6.61 Å². The number of hydrogen-bond acceptors (Lipinski definition) is 6. The molecule has 18 heavy (non-hydrogen) atoms. The van der Waals surface area contributed by atoms with Crippen molar-refractivity contribution in [2.24, 2.45) is 0 Å². The van der Waals surface area contributed by atoms with Crippen LogP contribution in [0.5, 0.6) is 5.75 Å². The number of rotatable bonds is 7. The van der Waals surface area contributed by atoms with Gasteiger partial charge in [0.15, 0.2) is 5.75 Å². The van der Waals surface area contributed by atoms with Gasteiger partial charge in [-0.25, -0.2) is 4.79 Å². The molecule has 1 aromatic rings. The molecule has 98 valence electrons. The number of hydrogen-bond donors (Lipinski definition) is 1. The first-order chi connectivity index (χ1) is 8.49. The Kier molecular flexibility index (Phi) is 4.65. The fraction of sp³-hybridized carbons (Fsp3) is 0.417. The van der Waals surface area contributed by atoms with Crippen molar-refractivity contribution in [1.82, 2.24) is 0 Å². The summed E-state index contributed by atoms with van der Waals surface area (Å²) in [4.78, 5) is 33.4. The van der Waals surface area contributed by atoms with Gasteiger partial charge in [0.2, 0.25) is 0 Å². The quantitative estimate of drug-likeness (QED) is 0.324. The molecule has 0 aliphatic rings. The lowest BCUT2D eigenvalue weighted by Gasteiger charge is -2.12. The van der Waals surface area contributed by atoms with E-state index in [1.807, 2.05) is 0 Å². The molecule has 0 fully saturated rings. The Balaban J connectivity index is 2.43. The fourth-order valence-electron chi connectivity index (χ4n) is 1.26. The summed E-state index contributed by atoms with van der Waals surface area (Å²) in [6.07, 6.45) is 0. The van der Waals surface area contributed by atoms with Crippen molar-refractivity contribution in [1.29, 1.82) is 0 Å². The molecule has 0 heterocycles. The average Bonchev–Trinajstić information content (AvgIpc) is 2.35. The first kappa shape index (κ1) is 14.0. The van der Waals surface area contributed by atoms with E-state index < -0.39 is 16.8 Å². The van der Waals surface area contributed by atoms with Crippen LogP contribution in [0.3, 0.4) is 0 Å². The number of anilines is 1. The third-order valence-electron chi connectivity index (χ3n) is 2.14. The topological polar surface area (TPSA) is 81.7 Å². The standard InChI is InChI=1S/C12H15NO5/c1-4-17-11-8(9(14)10(11)15)13-5-6-18-12(16)7(2)3/h13H,2,4-6H2,1,3H3. The molecular formula is C12H15NO5. The minimum atomic E-state index is -0.627. The van der Waals surface area contributed by atoms with Crippen molar-refractivity contribution in [2.45, 2.75) is 13.8 Å². The summed E-state index contributed by atoms with van der Waals surface area (Å²) in [7, 11) is 0. The molecule has 0 aliphatic carbocycles. The van der Waals surface area contributed by atoms with Crippen molar-refractivity contribution < 1.29 is 14.3 Å². The second-order valence-electron chi connectivity index (χ2n) is 3.64. The SMILES string of the molecule is C=C(C)C(=O)OCCNc1c(OCC)c(=O)c1=O. The molecule has 0 aromatic heterocycles. The minimum absolute atomic E-state index is 0.0497. The Hall–Kier alpha value is -2.11. The summed E-state index contributed by atoms with van der Waals surface area (Å²) < 4.78 is 9.83. The van der Waals surface area contributed by atoms with Crippen molar-refractivity contribution >= 4 is 11.7 Å². The number of ether oxygens (including phenoxy) is 2. The smallest absolute Gasteiger partial charge is 0.333 e. The highest BCUT2D eigenvalue weighted by molar-refractivity contribution is 5.86. The summed E-state index contributed by atoms with van der Waals surface area (Å²) in [6.45, 7) is 7.31. The molecule has 0 atom stereocenters. The maximum absolute atomic E-state index is 11.2. The Morgan fingerprint density at radius 2 is 2.00 bits per heavy atom. The molecule has 0 unspecified atom stereocenters. The van der Waals surface area contributed by atoms with Crippen molar-refractivity contribution in [2.75, 3.05) is 25.1 Å². The van der Waals surface area contributed by atoms with E-state index in [4.69, 9.17) is 9.47 Å². The van der Waals surface area contributed by atoms with Crippen molar-refractivity contribution in [3.8, 4) is 5.75 Å². The minimum Gasteiger partial charge on any atom is -0.488 e. The monoisotopic (exact) mass is 253 g/mol. The van der Waals surface area contributed by atoms with Gasteiger partial charge in [0, 0.05) is 12.1 Å². The summed E-state index contributed by atoms with van der Waals surface area (Å²) in [5, 5.41) is 2.71. The molecule has 0 saturated carbocycles. The molecule has 1 aromatic carbocycles. The van der Waals surface area contributed by atoms with Gasteiger partial charge in [-0.2, -0.15) is 0 Å². The molecule has 0 amide bonds. The molecular weight excluding hydrogens is 238 g/mol. The highest BCUT2D eigenvalue weighted by Crippen LogP contribution is 2.16. The fourth-order valence-corrected chi connectivity index (χ4v) is 1.26. The number of nitrogens with one attached hydrogen (secondary N) is 1. The second kappa shape index (κ2) is 6.00. The maximum atomic E-state index is 11.2. The Labute approximate surface area is 104 Å². The first-order valence-electron chi connectivity index (χ1n) is 5.51. The maximum Gasteiger partial charge on any atom is 0.333 e. The van der Waals surface area contributed by atoms with Gasteiger partial charge in [-0.05, 0) is 13.8 Å². The van der Waals surface area contributed by atoms with Crippen LogP contribution in [0.2, 0.25) is 0 Å². The van der Waals surface area contributed by atoms with Crippen LogP contribution in [0.25, 0.3) is 0 Å². The summed E-state index contributed by atoms with van der Waals surface area (Å²) in [5.74, 6) is -0.444. The molecule has 1 N–H and O–H groups in total. The van der Waals surface area contributed by atoms with Crippen molar-refractivity contribution in [3.63, 3.8) is 0 Å². The van der Waals surface area contributed by atoms with Crippen LogP contribution in [0, 0.1) is 0 Å². The lowest BCUT2D eigenvalue weighted by atomic mass is 10.2. The van der Waals surface area contributed by atoms with E-state index in [2.05, 4.69) is 11.9 Å². The zero-order chi connectivity index (χ0) is 13.7. The van der Waals surface area contributed by atoms with Gasteiger partial charge in [-0.15, -0.1) is 0 Å². The predicted octanol–water partition coefficient (Wildman–Crippen LogP) is 0.212.